The lowest BCUT2D eigenvalue weighted by Crippen LogP contribution is -2.38. The van der Waals surface area contributed by atoms with Crippen LogP contribution in [0.4, 0.5) is 10.2 Å². The molecule has 2 fully saturated rings. The summed E-state index contributed by atoms with van der Waals surface area (Å²) >= 11 is 0. The second kappa shape index (κ2) is 10.8. The molecule has 2 heterocycles. The third-order valence-electron chi connectivity index (χ3n) is 6.21. The van der Waals surface area contributed by atoms with E-state index in [-0.39, 0.29) is 43.0 Å². The van der Waals surface area contributed by atoms with Gasteiger partial charge in [0.25, 0.3) is 0 Å². The molecule has 3 rings (SSSR count). The number of carbonyl (C=O) groups excluding carboxylic acids is 2. The predicted molar refractivity (Wildman–Crippen MR) is 111 cm³/mol. The first-order chi connectivity index (χ1) is 14.9. The molecule has 31 heavy (non-hydrogen) atoms. The lowest BCUT2D eigenvalue weighted by atomic mass is 9.92. The number of amides is 2. The van der Waals surface area contributed by atoms with Crippen molar-refractivity contribution in [2.24, 2.45) is 11.8 Å². The van der Waals surface area contributed by atoms with E-state index >= 15 is 4.39 Å². The normalized spacial score (nSPS) is 20.1. The number of carbonyl (C=O) groups is 2. The third kappa shape index (κ3) is 6.10. The molecule has 1 aromatic rings. The number of aryl methyl sites for hydroxylation is 1. The van der Waals surface area contributed by atoms with Crippen LogP contribution in [-0.2, 0) is 20.9 Å². The number of nitrogens with zero attached hydrogens (tertiary/aromatic N) is 4. The van der Waals surface area contributed by atoms with Crippen molar-refractivity contribution in [3.05, 3.63) is 17.3 Å². The monoisotopic (exact) mass is 437 g/mol. The van der Waals surface area contributed by atoms with E-state index in [0.29, 0.717) is 36.3 Å². The number of ether oxygens (including phenoxy) is 1. The number of hydrogen-bond donors (Lipinski definition) is 2. The number of hydroxylamine groups is 2. The van der Waals surface area contributed by atoms with Gasteiger partial charge in [0.1, 0.15) is 11.5 Å². The summed E-state index contributed by atoms with van der Waals surface area (Å²) in [6.07, 6.45) is 6.04. The van der Waals surface area contributed by atoms with Gasteiger partial charge in [0.2, 0.25) is 12.3 Å². The fourth-order valence-electron chi connectivity index (χ4n) is 4.54. The molecule has 172 valence electrons. The van der Waals surface area contributed by atoms with Crippen molar-refractivity contribution in [2.45, 2.75) is 58.1 Å². The Hall–Kier alpha value is -2.33. The van der Waals surface area contributed by atoms with Gasteiger partial charge >= 0.3 is 0 Å². The van der Waals surface area contributed by atoms with Crippen LogP contribution < -0.4 is 10.2 Å². The Kier molecular flexibility index (Phi) is 8.14. The van der Waals surface area contributed by atoms with Gasteiger partial charge in [-0.25, -0.2) is 19.4 Å². The molecule has 2 amide bonds. The van der Waals surface area contributed by atoms with Gasteiger partial charge in [-0.05, 0) is 25.7 Å². The van der Waals surface area contributed by atoms with E-state index in [1.165, 1.54) is 0 Å². The van der Waals surface area contributed by atoms with Crippen molar-refractivity contribution in [3.63, 3.8) is 0 Å². The maximum absolute atomic E-state index is 15.1. The Bertz CT molecular complexity index is 774. The topological polar surface area (TPSA) is 108 Å². The molecule has 1 saturated carbocycles. The average Bonchev–Trinajstić information content (AvgIpc) is 3.45. The van der Waals surface area contributed by atoms with Gasteiger partial charge in [-0.3, -0.25) is 14.8 Å². The average molecular weight is 438 g/mol. The highest BCUT2D eigenvalue weighted by Crippen LogP contribution is 2.31. The number of anilines is 1. The molecule has 9 nitrogen and oxygen atoms in total. The minimum Gasteiger partial charge on any atom is -0.380 e. The SMILES string of the molecule is CO[C@@H]1CCN(c2nc(C)nc(CNC(=O)[C@H](CC3CCCC3)CN(O)C=O)c2F)C1. The molecule has 0 bridgehead atoms. The zero-order valence-corrected chi connectivity index (χ0v) is 18.2. The van der Waals surface area contributed by atoms with Crippen LogP contribution in [0.2, 0.25) is 0 Å². The standard InChI is InChI=1S/C21H32FN5O4/c1-14-24-18(19(22)20(25-14)26-8-7-17(12-26)31-2)10-23-21(29)16(11-27(30)13-28)9-15-5-3-4-6-15/h13,15-17,30H,3-12H2,1-2H3,(H,23,29)/t16-,17-/m1/s1. The highest BCUT2D eigenvalue weighted by atomic mass is 19.1. The van der Waals surface area contributed by atoms with Gasteiger partial charge in [-0.1, -0.05) is 25.7 Å². The summed E-state index contributed by atoms with van der Waals surface area (Å²) in [6, 6.07) is 0. The van der Waals surface area contributed by atoms with Crippen LogP contribution in [-0.4, -0.2) is 65.4 Å². The lowest BCUT2D eigenvalue weighted by molar-refractivity contribution is -0.155. The molecule has 1 aliphatic carbocycles. The van der Waals surface area contributed by atoms with Gasteiger partial charge in [0, 0.05) is 20.2 Å². The first-order valence-corrected chi connectivity index (χ1v) is 10.9. The van der Waals surface area contributed by atoms with Gasteiger partial charge in [0.15, 0.2) is 11.6 Å². The Morgan fingerprint density at radius 3 is 2.77 bits per heavy atom. The molecule has 2 aliphatic rings. The maximum Gasteiger partial charge on any atom is 0.233 e. The summed E-state index contributed by atoms with van der Waals surface area (Å²) in [4.78, 5) is 33.9. The molecule has 1 aromatic heterocycles. The van der Waals surface area contributed by atoms with E-state index in [2.05, 4.69) is 15.3 Å². The van der Waals surface area contributed by atoms with Crippen molar-refractivity contribution in [1.29, 1.82) is 0 Å². The molecule has 2 N–H and O–H groups in total. The number of halogens is 1. The van der Waals surface area contributed by atoms with Crippen molar-refractivity contribution in [3.8, 4) is 0 Å². The predicted octanol–water partition coefficient (Wildman–Crippen LogP) is 1.81. The molecular weight excluding hydrogens is 405 g/mol. The molecule has 10 heteroatoms. The van der Waals surface area contributed by atoms with Gasteiger partial charge < -0.3 is 15.0 Å². The fraction of sp³-hybridized carbons (Fsp3) is 0.714. The summed E-state index contributed by atoms with van der Waals surface area (Å²) < 4.78 is 20.5. The molecule has 0 spiro atoms. The molecule has 2 atom stereocenters. The number of aromatic nitrogens is 2. The van der Waals surface area contributed by atoms with Crippen LogP contribution in [0.25, 0.3) is 0 Å². The Balaban J connectivity index is 1.67. The van der Waals surface area contributed by atoms with E-state index in [0.717, 1.165) is 32.1 Å². The second-order valence-corrected chi connectivity index (χ2v) is 8.48. The largest absolute Gasteiger partial charge is 0.380 e. The summed E-state index contributed by atoms with van der Waals surface area (Å²) in [5.41, 5.74) is 0.118. The van der Waals surface area contributed by atoms with Crippen molar-refractivity contribution < 1.29 is 23.9 Å². The van der Waals surface area contributed by atoms with Crippen LogP contribution in [0, 0.1) is 24.6 Å². The van der Waals surface area contributed by atoms with Crippen LogP contribution in [0.1, 0.15) is 50.0 Å². The molecule has 0 radical (unpaired) electrons. The quantitative estimate of drug-likeness (QED) is 0.326. The van der Waals surface area contributed by atoms with Crippen LogP contribution in [0.5, 0.6) is 0 Å². The van der Waals surface area contributed by atoms with E-state index < -0.39 is 11.7 Å². The molecular formula is C21H32FN5O4. The number of methoxy groups -OCH3 is 1. The minimum atomic E-state index is -0.565. The smallest absolute Gasteiger partial charge is 0.233 e. The van der Waals surface area contributed by atoms with Crippen molar-refractivity contribution in [1.82, 2.24) is 20.3 Å². The Morgan fingerprint density at radius 1 is 1.39 bits per heavy atom. The van der Waals surface area contributed by atoms with Crippen molar-refractivity contribution >= 4 is 18.1 Å². The summed E-state index contributed by atoms with van der Waals surface area (Å²) in [5.74, 6) is -0.403. The fourth-order valence-corrected chi connectivity index (χ4v) is 4.54. The van der Waals surface area contributed by atoms with E-state index in [9.17, 15) is 14.8 Å². The zero-order chi connectivity index (χ0) is 22.4. The van der Waals surface area contributed by atoms with Crippen LogP contribution in [0.15, 0.2) is 0 Å². The number of rotatable bonds is 10. The molecule has 0 aromatic carbocycles. The van der Waals surface area contributed by atoms with Crippen LogP contribution >= 0.6 is 0 Å². The van der Waals surface area contributed by atoms with Crippen LogP contribution in [0.3, 0.4) is 0 Å². The van der Waals surface area contributed by atoms with Crippen molar-refractivity contribution in [2.75, 3.05) is 31.6 Å². The summed E-state index contributed by atoms with van der Waals surface area (Å²) in [5, 5.41) is 12.8. The Morgan fingerprint density at radius 2 is 2.13 bits per heavy atom. The zero-order valence-electron chi connectivity index (χ0n) is 18.2. The highest BCUT2D eigenvalue weighted by molar-refractivity contribution is 5.79. The number of nitrogens with one attached hydrogen (secondary N) is 1. The van der Waals surface area contributed by atoms with Gasteiger partial charge in [-0.15, -0.1) is 0 Å². The lowest BCUT2D eigenvalue weighted by Gasteiger charge is -2.23. The summed E-state index contributed by atoms with van der Waals surface area (Å²) in [6.45, 7) is 2.70. The first kappa shape index (κ1) is 23.3. The van der Waals surface area contributed by atoms with E-state index in [4.69, 9.17) is 4.74 Å². The third-order valence-corrected chi connectivity index (χ3v) is 6.21. The molecule has 1 saturated heterocycles. The minimum absolute atomic E-state index is 0.0356. The van der Waals surface area contributed by atoms with Gasteiger partial charge in [0.05, 0.1) is 25.1 Å². The molecule has 1 aliphatic heterocycles. The van der Waals surface area contributed by atoms with Gasteiger partial charge in [-0.2, -0.15) is 0 Å². The second-order valence-electron chi connectivity index (χ2n) is 8.48. The number of hydrogen-bond acceptors (Lipinski definition) is 7. The van der Waals surface area contributed by atoms with E-state index in [1.807, 2.05) is 4.90 Å². The summed E-state index contributed by atoms with van der Waals surface area (Å²) in [7, 11) is 1.64. The van der Waals surface area contributed by atoms with E-state index in [1.54, 1.807) is 14.0 Å². The molecule has 0 unspecified atom stereocenters. The maximum atomic E-state index is 15.1. The highest BCUT2D eigenvalue weighted by Gasteiger charge is 2.29. The Labute approximate surface area is 181 Å². The first-order valence-electron chi connectivity index (χ1n) is 10.9.